The molecule has 1 rings (SSSR count). The summed E-state index contributed by atoms with van der Waals surface area (Å²) in [5.41, 5.74) is 0.600. The van der Waals surface area contributed by atoms with Crippen molar-refractivity contribution in [3.63, 3.8) is 0 Å². The van der Waals surface area contributed by atoms with Crippen LogP contribution in [0.15, 0.2) is 12.1 Å². The van der Waals surface area contributed by atoms with E-state index in [0.717, 1.165) is 18.9 Å². The average Bonchev–Trinajstić information content (AvgIpc) is 2.34. The second-order valence-corrected chi connectivity index (χ2v) is 4.44. The molecule has 0 aliphatic rings. The Balaban J connectivity index is 2.93. The Labute approximate surface area is 106 Å². The van der Waals surface area contributed by atoms with Crippen LogP contribution in [0, 0.1) is 28.8 Å². The minimum atomic E-state index is -0.558. The predicted molar refractivity (Wildman–Crippen MR) is 70.4 cm³/mol. The van der Waals surface area contributed by atoms with E-state index in [0.29, 0.717) is 23.7 Å². The Bertz CT molecular complexity index is 431. The number of nitrogens with one attached hydrogen (secondary N) is 1. The van der Waals surface area contributed by atoms with Crippen molar-refractivity contribution in [2.24, 2.45) is 5.92 Å². The van der Waals surface area contributed by atoms with Gasteiger partial charge in [0.15, 0.2) is 0 Å². The van der Waals surface area contributed by atoms with Crippen molar-refractivity contribution in [3.8, 4) is 0 Å². The Hall–Kier alpha value is -1.65. The van der Waals surface area contributed by atoms with Crippen LogP contribution in [-0.4, -0.2) is 11.5 Å². The lowest BCUT2D eigenvalue weighted by atomic mass is 10.0. The zero-order valence-corrected chi connectivity index (χ0v) is 11.0. The van der Waals surface area contributed by atoms with E-state index in [2.05, 4.69) is 19.2 Å². The van der Waals surface area contributed by atoms with E-state index in [-0.39, 0.29) is 5.69 Å². The molecule has 1 aromatic carbocycles. The molecule has 0 atom stereocenters. The quantitative estimate of drug-likeness (QED) is 0.619. The first kappa shape index (κ1) is 14.4. The molecule has 0 spiro atoms. The highest BCUT2D eigenvalue weighted by Crippen LogP contribution is 2.28. The zero-order valence-electron chi connectivity index (χ0n) is 11.0. The first-order valence-corrected chi connectivity index (χ1v) is 6.17. The van der Waals surface area contributed by atoms with Gasteiger partial charge in [-0.25, -0.2) is 4.39 Å². The van der Waals surface area contributed by atoms with E-state index in [4.69, 9.17) is 0 Å². The second kappa shape index (κ2) is 6.33. The molecule has 1 aromatic rings. The highest BCUT2D eigenvalue weighted by atomic mass is 19.1. The number of benzene rings is 1. The highest BCUT2D eigenvalue weighted by molar-refractivity contribution is 5.63. The van der Waals surface area contributed by atoms with Crippen LogP contribution >= 0.6 is 0 Å². The first-order valence-electron chi connectivity index (χ1n) is 6.17. The molecule has 0 heterocycles. The maximum Gasteiger partial charge on any atom is 0.295 e. The van der Waals surface area contributed by atoms with E-state index in [1.165, 1.54) is 6.07 Å². The number of nitro benzene ring substituents is 1. The number of aryl methyl sites for hydroxylation is 1. The van der Waals surface area contributed by atoms with Gasteiger partial charge in [0.25, 0.3) is 5.69 Å². The number of hydrogen-bond acceptors (Lipinski definition) is 3. The summed E-state index contributed by atoms with van der Waals surface area (Å²) in [6.45, 7) is 6.43. The van der Waals surface area contributed by atoms with Crippen molar-refractivity contribution in [1.29, 1.82) is 0 Å². The van der Waals surface area contributed by atoms with Crippen LogP contribution < -0.4 is 5.32 Å². The summed E-state index contributed by atoms with van der Waals surface area (Å²) < 4.78 is 13.3. The van der Waals surface area contributed by atoms with Crippen LogP contribution in [0.5, 0.6) is 0 Å². The molecule has 0 fully saturated rings. The van der Waals surface area contributed by atoms with Gasteiger partial charge in [-0.15, -0.1) is 0 Å². The number of rotatable bonds is 6. The van der Waals surface area contributed by atoms with Gasteiger partial charge in [-0.2, -0.15) is 0 Å². The van der Waals surface area contributed by atoms with Gasteiger partial charge in [-0.05, 0) is 24.5 Å². The standard InChI is InChI=1S/C13H19FN2O2/c1-4-10(5-2)8-15-12-6-9(3)11(14)7-13(12)16(17)18/h6-7,10,15H,4-5,8H2,1-3H3. The SMILES string of the molecule is CCC(CC)CNc1cc(C)c(F)cc1[N+](=O)[O-]. The largest absolute Gasteiger partial charge is 0.379 e. The summed E-state index contributed by atoms with van der Waals surface area (Å²) in [4.78, 5) is 10.3. The zero-order chi connectivity index (χ0) is 13.7. The summed E-state index contributed by atoms with van der Waals surface area (Å²) >= 11 is 0. The van der Waals surface area contributed by atoms with Crippen molar-refractivity contribution < 1.29 is 9.31 Å². The maximum absolute atomic E-state index is 13.3. The van der Waals surface area contributed by atoms with Gasteiger partial charge in [-0.3, -0.25) is 10.1 Å². The molecule has 0 aromatic heterocycles. The lowest BCUT2D eigenvalue weighted by molar-refractivity contribution is -0.384. The third-order valence-corrected chi connectivity index (χ3v) is 3.21. The van der Waals surface area contributed by atoms with Gasteiger partial charge in [0.05, 0.1) is 11.0 Å². The van der Waals surface area contributed by atoms with Crippen molar-refractivity contribution in [3.05, 3.63) is 33.6 Å². The van der Waals surface area contributed by atoms with E-state index < -0.39 is 10.7 Å². The molecule has 0 unspecified atom stereocenters. The van der Waals surface area contributed by atoms with Crippen molar-refractivity contribution >= 4 is 11.4 Å². The topological polar surface area (TPSA) is 55.2 Å². The smallest absolute Gasteiger partial charge is 0.295 e. The van der Waals surface area contributed by atoms with E-state index in [1.807, 2.05) is 0 Å². The minimum absolute atomic E-state index is 0.205. The molecule has 0 radical (unpaired) electrons. The molecule has 0 aliphatic heterocycles. The Morgan fingerprint density at radius 2 is 2.00 bits per heavy atom. The third kappa shape index (κ3) is 3.42. The molecule has 18 heavy (non-hydrogen) atoms. The monoisotopic (exact) mass is 254 g/mol. The molecular formula is C13H19FN2O2. The molecule has 1 N–H and O–H groups in total. The molecule has 0 saturated carbocycles. The lowest BCUT2D eigenvalue weighted by Crippen LogP contribution is -2.14. The first-order chi connectivity index (χ1) is 8.49. The summed E-state index contributed by atoms with van der Waals surface area (Å²) in [5, 5.41) is 13.9. The fourth-order valence-corrected chi connectivity index (χ4v) is 1.80. The fourth-order valence-electron chi connectivity index (χ4n) is 1.80. The van der Waals surface area contributed by atoms with E-state index >= 15 is 0 Å². The molecule has 0 bridgehead atoms. The van der Waals surface area contributed by atoms with Gasteiger partial charge in [-0.1, -0.05) is 26.7 Å². The maximum atomic E-state index is 13.3. The highest BCUT2D eigenvalue weighted by Gasteiger charge is 2.17. The van der Waals surface area contributed by atoms with Crippen LogP contribution in [0.2, 0.25) is 0 Å². The predicted octanol–water partition coefficient (Wildman–Crippen LogP) is 3.89. The number of anilines is 1. The second-order valence-electron chi connectivity index (χ2n) is 4.44. The fraction of sp³-hybridized carbons (Fsp3) is 0.538. The Morgan fingerprint density at radius 3 is 2.50 bits per heavy atom. The third-order valence-electron chi connectivity index (χ3n) is 3.21. The Kier molecular flexibility index (Phi) is 5.07. The molecule has 0 aliphatic carbocycles. The minimum Gasteiger partial charge on any atom is -0.379 e. The Morgan fingerprint density at radius 1 is 1.39 bits per heavy atom. The number of nitrogens with zero attached hydrogens (tertiary/aromatic N) is 1. The van der Waals surface area contributed by atoms with Gasteiger partial charge >= 0.3 is 0 Å². The summed E-state index contributed by atoms with van der Waals surface area (Å²) in [7, 11) is 0. The normalized spacial score (nSPS) is 10.7. The van der Waals surface area contributed by atoms with Crippen molar-refractivity contribution in [1.82, 2.24) is 0 Å². The van der Waals surface area contributed by atoms with Gasteiger partial charge in [0, 0.05) is 6.54 Å². The van der Waals surface area contributed by atoms with Crippen LogP contribution in [0.1, 0.15) is 32.3 Å². The molecule has 5 heteroatoms. The molecular weight excluding hydrogens is 235 g/mol. The molecule has 0 saturated heterocycles. The van der Waals surface area contributed by atoms with E-state index in [9.17, 15) is 14.5 Å². The summed E-state index contributed by atoms with van der Waals surface area (Å²) in [6, 6.07) is 2.47. The van der Waals surface area contributed by atoms with Crippen molar-refractivity contribution in [2.75, 3.05) is 11.9 Å². The number of hydrogen-bond donors (Lipinski definition) is 1. The van der Waals surface area contributed by atoms with Crippen LogP contribution in [0.4, 0.5) is 15.8 Å². The van der Waals surface area contributed by atoms with Crippen LogP contribution in [0.3, 0.4) is 0 Å². The van der Waals surface area contributed by atoms with E-state index in [1.54, 1.807) is 6.92 Å². The number of halogens is 1. The summed E-state index contributed by atoms with van der Waals surface area (Å²) in [6.07, 6.45) is 2.02. The molecule has 0 amide bonds. The van der Waals surface area contributed by atoms with Crippen molar-refractivity contribution in [2.45, 2.75) is 33.6 Å². The lowest BCUT2D eigenvalue weighted by Gasteiger charge is -2.14. The van der Waals surface area contributed by atoms with Crippen LogP contribution in [0.25, 0.3) is 0 Å². The van der Waals surface area contributed by atoms with Gasteiger partial charge < -0.3 is 5.32 Å². The van der Waals surface area contributed by atoms with Gasteiger partial charge in [0.2, 0.25) is 0 Å². The van der Waals surface area contributed by atoms with Gasteiger partial charge in [0.1, 0.15) is 11.5 Å². The van der Waals surface area contributed by atoms with Crippen LogP contribution in [-0.2, 0) is 0 Å². The molecule has 100 valence electrons. The number of nitro groups is 1. The molecule has 4 nitrogen and oxygen atoms in total. The average molecular weight is 254 g/mol. The summed E-state index contributed by atoms with van der Waals surface area (Å²) in [5.74, 6) is -0.0789.